The lowest BCUT2D eigenvalue weighted by Crippen LogP contribution is -2.53. The largest absolute Gasteiger partial charge is 0.495 e. The van der Waals surface area contributed by atoms with E-state index in [1.54, 1.807) is 31.4 Å². The summed E-state index contributed by atoms with van der Waals surface area (Å²) in [5.74, 6) is 0.506. The van der Waals surface area contributed by atoms with Crippen LogP contribution < -0.4 is 9.64 Å². The first-order valence-corrected chi connectivity index (χ1v) is 13.2. The molecule has 0 radical (unpaired) electrons. The van der Waals surface area contributed by atoms with Gasteiger partial charge < -0.3 is 14.5 Å². The van der Waals surface area contributed by atoms with Crippen LogP contribution in [0.5, 0.6) is 5.75 Å². The van der Waals surface area contributed by atoms with E-state index >= 15 is 0 Å². The summed E-state index contributed by atoms with van der Waals surface area (Å²) in [5, 5.41) is 0.575. The molecule has 2 aromatic rings. The molecule has 0 spiro atoms. The Labute approximate surface area is 200 Å². The maximum absolute atomic E-state index is 13.2. The van der Waals surface area contributed by atoms with Gasteiger partial charge in [-0.2, -0.15) is 0 Å². The third-order valence-electron chi connectivity index (χ3n) is 6.41. The zero-order chi connectivity index (χ0) is 23.4. The number of hydrogen-bond donors (Lipinski definition) is 0. The van der Waals surface area contributed by atoms with Crippen LogP contribution in [-0.4, -0.2) is 69.9 Å². The average molecular weight is 492 g/mol. The number of rotatable bonds is 6. The van der Waals surface area contributed by atoms with Crippen molar-refractivity contribution in [3.8, 4) is 5.75 Å². The Morgan fingerprint density at radius 1 is 1.03 bits per heavy atom. The molecule has 0 aliphatic carbocycles. The number of benzene rings is 2. The van der Waals surface area contributed by atoms with Gasteiger partial charge in [0.1, 0.15) is 5.75 Å². The molecule has 2 fully saturated rings. The Hall–Kier alpha value is -2.29. The first kappa shape index (κ1) is 23.9. The molecule has 178 valence electrons. The van der Waals surface area contributed by atoms with E-state index < -0.39 is 10.0 Å². The van der Waals surface area contributed by atoms with Crippen LogP contribution in [0.15, 0.2) is 48.5 Å². The Morgan fingerprint density at radius 3 is 2.42 bits per heavy atom. The topological polar surface area (TPSA) is 70.2 Å². The third-order valence-corrected chi connectivity index (χ3v) is 8.47. The summed E-state index contributed by atoms with van der Waals surface area (Å²) in [5.41, 5.74) is 1.73. The van der Waals surface area contributed by atoms with Crippen LogP contribution in [0.3, 0.4) is 0 Å². The highest BCUT2D eigenvalue weighted by molar-refractivity contribution is 7.88. The summed E-state index contributed by atoms with van der Waals surface area (Å²) in [6.45, 7) is 3.38. The Bertz CT molecular complexity index is 1070. The van der Waals surface area contributed by atoms with Crippen molar-refractivity contribution in [2.24, 2.45) is 5.92 Å². The monoisotopic (exact) mass is 491 g/mol. The quantitative estimate of drug-likeness (QED) is 0.620. The fourth-order valence-corrected chi connectivity index (χ4v) is 6.33. The first-order chi connectivity index (χ1) is 15.9. The molecule has 9 heteroatoms. The van der Waals surface area contributed by atoms with E-state index in [2.05, 4.69) is 4.90 Å². The molecule has 0 bridgehead atoms. The number of anilines is 1. The van der Waals surface area contributed by atoms with Crippen LogP contribution in [0.4, 0.5) is 5.69 Å². The lowest BCUT2D eigenvalue weighted by atomic mass is 9.97. The maximum Gasteiger partial charge on any atom is 0.227 e. The van der Waals surface area contributed by atoms with Crippen LogP contribution in [0.2, 0.25) is 5.02 Å². The summed E-state index contributed by atoms with van der Waals surface area (Å²) in [4.78, 5) is 17.3. The number of sulfonamides is 1. The number of para-hydroxylation sites is 2. The molecule has 2 saturated heterocycles. The number of hydrogen-bond acceptors (Lipinski definition) is 5. The van der Waals surface area contributed by atoms with E-state index in [0.717, 1.165) is 30.9 Å². The number of piperidine rings is 1. The Balaban J connectivity index is 1.35. The van der Waals surface area contributed by atoms with Gasteiger partial charge in [0.25, 0.3) is 0 Å². The van der Waals surface area contributed by atoms with Crippen molar-refractivity contribution in [3.63, 3.8) is 0 Å². The van der Waals surface area contributed by atoms with Gasteiger partial charge in [-0.1, -0.05) is 35.9 Å². The van der Waals surface area contributed by atoms with Crippen molar-refractivity contribution in [2.45, 2.75) is 18.6 Å². The summed E-state index contributed by atoms with van der Waals surface area (Å²) in [6, 6.07) is 14.7. The second-order valence-corrected chi connectivity index (χ2v) is 11.0. The zero-order valence-corrected chi connectivity index (χ0v) is 20.4. The second kappa shape index (κ2) is 10.3. The van der Waals surface area contributed by atoms with Crippen LogP contribution in [0.1, 0.15) is 18.4 Å². The van der Waals surface area contributed by atoms with Gasteiger partial charge in [-0.25, -0.2) is 12.7 Å². The maximum atomic E-state index is 13.2. The van der Waals surface area contributed by atoms with Gasteiger partial charge in [0.2, 0.25) is 15.9 Å². The smallest absolute Gasteiger partial charge is 0.227 e. The van der Waals surface area contributed by atoms with Crippen molar-refractivity contribution >= 4 is 33.2 Å². The Morgan fingerprint density at radius 2 is 1.73 bits per heavy atom. The SMILES string of the molecule is COc1ccccc1N1CCN(C(=O)[C@H]2CCCN(S(=O)(=O)Cc3ccc(Cl)cc3)C2)CC1. The second-order valence-electron chi connectivity index (χ2n) is 8.56. The fourth-order valence-electron chi connectivity index (χ4n) is 4.60. The number of piperazine rings is 1. The number of halogens is 1. The molecule has 0 saturated carbocycles. The van der Waals surface area contributed by atoms with Crippen LogP contribution in [0, 0.1) is 5.92 Å². The van der Waals surface area contributed by atoms with Gasteiger partial charge in [0.15, 0.2) is 0 Å². The summed E-state index contributed by atoms with van der Waals surface area (Å²) >= 11 is 5.91. The lowest BCUT2D eigenvalue weighted by Gasteiger charge is -2.39. The van der Waals surface area contributed by atoms with E-state index in [1.165, 1.54) is 4.31 Å². The van der Waals surface area contributed by atoms with Gasteiger partial charge in [-0.3, -0.25) is 4.79 Å². The molecule has 33 heavy (non-hydrogen) atoms. The molecule has 1 atom stereocenters. The highest BCUT2D eigenvalue weighted by atomic mass is 35.5. The van der Waals surface area contributed by atoms with Crippen molar-refractivity contribution in [1.29, 1.82) is 0 Å². The van der Waals surface area contributed by atoms with Gasteiger partial charge in [-0.15, -0.1) is 0 Å². The molecule has 2 aromatic carbocycles. The minimum absolute atomic E-state index is 0.0565. The number of nitrogens with zero attached hydrogens (tertiary/aromatic N) is 3. The van der Waals surface area contributed by atoms with Gasteiger partial charge in [-0.05, 0) is 42.7 Å². The third kappa shape index (κ3) is 5.62. The highest BCUT2D eigenvalue weighted by Crippen LogP contribution is 2.29. The van der Waals surface area contributed by atoms with E-state index in [9.17, 15) is 13.2 Å². The average Bonchev–Trinajstić information content (AvgIpc) is 2.85. The molecule has 1 amide bonds. The van der Waals surface area contributed by atoms with Crippen molar-refractivity contribution in [2.75, 3.05) is 51.3 Å². The summed E-state index contributed by atoms with van der Waals surface area (Å²) in [6.07, 6.45) is 1.41. The molecule has 4 rings (SSSR count). The van der Waals surface area contributed by atoms with Crippen LogP contribution in [-0.2, 0) is 20.6 Å². The minimum Gasteiger partial charge on any atom is -0.495 e. The standard InChI is InChI=1S/C24H30ClN3O4S/c1-32-23-7-3-2-6-22(23)26-13-15-27(16-14-26)24(29)20-5-4-12-28(17-20)33(30,31)18-19-8-10-21(25)11-9-19/h2-3,6-11,20H,4-5,12-18H2,1H3/t20-/m0/s1. The molecule has 2 aliphatic heterocycles. The minimum atomic E-state index is -3.50. The number of amides is 1. The molecular formula is C24H30ClN3O4S. The van der Waals surface area contributed by atoms with E-state index in [1.807, 2.05) is 29.2 Å². The predicted molar refractivity (Wildman–Crippen MR) is 130 cm³/mol. The summed E-state index contributed by atoms with van der Waals surface area (Å²) in [7, 11) is -1.84. The first-order valence-electron chi connectivity index (χ1n) is 11.3. The number of ether oxygens (including phenoxy) is 1. The van der Waals surface area contributed by atoms with Crippen LogP contribution in [0.25, 0.3) is 0 Å². The molecule has 2 aliphatic rings. The lowest BCUT2D eigenvalue weighted by molar-refractivity contribution is -0.137. The molecule has 0 aromatic heterocycles. The number of methoxy groups -OCH3 is 1. The highest BCUT2D eigenvalue weighted by Gasteiger charge is 2.35. The van der Waals surface area contributed by atoms with E-state index in [-0.39, 0.29) is 24.1 Å². The number of carbonyl (C=O) groups excluding carboxylic acids is 1. The Kier molecular flexibility index (Phi) is 7.46. The molecule has 2 heterocycles. The number of carbonyl (C=O) groups is 1. The fraction of sp³-hybridized carbons (Fsp3) is 0.458. The zero-order valence-electron chi connectivity index (χ0n) is 18.8. The molecule has 7 nitrogen and oxygen atoms in total. The van der Waals surface area contributed by atoms with Crippen molar-refractivity contribution < 1.29 is 17.9 Å². The van der Waals surface area contributed by atoms with E-state index in [0.29, 0.717) is 36.6 Å². The van der Waals surface area contributed by atoms with Crippen molar-refractivity contribution in [1.82, 2.24) is 9.21 Å². The molecular weight excluding hydrogens is 462 g/mol. The van der Waals surface area contributed by atoms with Crippen molar-refractivity contribution in [3.05, 3.63) is 59.1 Å². The van der Waals surface area contributed by atoms with Crippen LogP contribution >= 0.6 is 11.6 Å². The van der Waals surface area contributed by atoms with Gasteiger partial charge >= 0.3 is 0 Å². The molecule has 0 N–H and O–H groups in total. The van der Waals surface area contributed by atoms with E-state index in [4.69, 9.17) is 16.3 Å². The predicted octanol–water partition coefficient (Wildman–Crippen LogP) is 3.24. The normalized spacial score (nSPS) is 20.0. The summed E-state index contributed by atoms with van der Waals surface area (Å²) < 4.78 is 32.9. The molecule has 0 unspecified atom stereocenters. The van der Waals surface area contributed by atoms with Gasteiger partial charge in [0, 0.05) is 44.3 Å². The van der Waals surface area contributed by atoms with Gasteiger partial charge in [0.05, 0.1) is 24.5 Å².